The molecule has 5 heteroatoms. The third kappa shape index (κ3) is 4.11. The van der Waals surface area contributed by atoms with Crippen molar-refractivity contribution in [3.8, 4) is 0 Å². The van der Waals surface area contributed by atoms with Gasteiger partial charge in [-0.1, -0.05) is 40.2 Å². The van der Waals surface area contributed by atoms with Crippen molar-refractivity contribution in [2.24, 2.45) is 0 Å². The van der Waals surface area contributed by atoms with E-state index in [-0.39, 0.29) is 11.5 Å². The predicted octanol–water partition coefficient (Wildman–Crippen LogP) is 4.53. The summed E-state index contributed by atoms with van der Waals surface area (Å²) in [5.74, 6) is -0.233. The normalized spacial score (nSPS) is 10.6. The summed E-state index contributed by atoms with van der Waals surface area (Å²) in [7, 11) is 0. The van der Waals surface area contributed by atoms with Gasteiger partial charge in [0.1, 0.15) is 0 Å². The van der Waals surface area contributed by atoms with Gasteiger partial charge in [-0.3, -0.25) is 9.59 Å². The molecule has 1 N–H and O–H groups in total. The molecule has 0 radical (unpaired) electrons. The molecule has 1 aromatic heterocycles. The van der Waals surface area contributed by atoms with Gasteiger partial charge >= 0.3 is 0 Å². The zero-order valence-electron chi connectivity index (χ0n) is 14.6. The highest BCUT2D eigenvalue weighted by Gasteiger charge is 2.10. The van der Waals surface area contributed by atoms with Crippen LogP contribution in [0, 0.1) is 13.8 Å². The van der Waals surface area contributed by atoms with Gasteiger partial charge in [0.25, 0.3) is 11.5 Å². The largest absolute Gasteiger partial charge is 0.322 e. The summed E-state index contributed by atoms with van der Waals surface area (Å²) in [6.07, 6.45) is 1.60. The molecule has 132 valence electrons. The van der Waals surface area contributed by atoms with E-state index in [1.807, 2.05) is 56.3 Å². The number of halogens is 1. The summed E-state index contributed by atoms with van der Waals surface area (Å²) < 4.78 is 2.52. The van der Waals surface area contributed by atoms with Gasteiger partial charge in [-0.15, -0.1) is 0 Å². The number of hydrogen-bond acceptors (Lipinski definition) is 2. The van der Waals surface area contributed by atoms with Crippen LogP contribution in [0.5, 0.6) is 0 Å². The molecule has 0 bridgehead atoms. The number of benzene rings is 2. The molecule has 0 aliphatic heterocycles. The number of rotatable bonds is 4. The van der Waals surface area contributed by atoms with Crippen molar-refractivity contribution in [2.75, 3.05) is 5.32 Å². The molecule has 0 unspecified atom stereocenters. The van der Waals surface area contributed by atoms with Crippen molar-refractivity contribution in [2.45, 2.75) is 20.4 Å². The van der Waals surface area contributed by atoms with Gasteiger partial charge in [0.15, 0.2) is 0 Å². The molecule has 0 saturated carbocycles. The van der Waals surface area contributed by atoms with E-state index in [9.17, 15) is 9.59 Å². The number of anilines is 1. The van der Waals surface area contributed by atoms with Crippen molar-refractivity contribution >= 4 is 27.5 Å². The van der Waals surface area contributed by atoms with Crippen LogP contribution in [0.2, 0.25) is 0 Å². The highest BCUT2D eigenvalue weighted by atomic mass is 79.9. The minimum absolute atomic E-state index is 0.142. The van der Waals surface area contributed by atoms with Crippen LogP contribution in [0.4, 0.5) is 5.69 Å². The Hall–Kier alpha value is -2.66. The smallest absolute Gasteiger partial charge is 0.257 e. The molecule has 3 rings (SSSR count). The molecule has 0 spiro atoms. The number of carbonyl (C=O) groups excluding carboxylic acids is 1. The third-order valence-corrected chi connectivity index (χ3v) is 4.89. The SMILES string of the molecule is Cc1cccc(NC(=O)c2ccc(=O)n(Cc3ccc(Br)cc3)c2)c1C. The number of amides is 1. The first-order chi connectivity index (χ1) is 12.4. The second kappa shape index (κ2) is 7.70. The van der Waals surface area contributed by atoms with E-state index in [0.717, 1.165) is 26.9 Å². The Morgan fingerprint density at radius 1 is 1.04 bits per heavy atom. The van der Waals surface area contributed by atoms with E-state index in [1.54, 1.807) is 16.8 Å². The molecule has 3 aromatic rings. The van der Waals surface area contributed by atoms with Crippen molar-refractivity contribution in [3.05, 3.63) is 97.9 Å². The Balaban J connectivity index is 1.84. The number of aromatic nitrogens is 1. The highest BCUT2D eigenvalue weighted by Crippen LogP contribution is 2.19. The van der Waals surface area contributed by atoms with Gasteiger partial charge in [0, 0.05) is 22.4 Å². The van der Waals surface area contributed by atoms with Crippen molar-refractivity contribution in [1.29, 1.82) is 0 Å². The zero-order valence-corrected chi connectivity index (χ0v) is 16.2. The maximum absolute atomic E-state index is 12.6. The lowest BCUT2D eigenvalue weighted by molar-refractivity contribution is 0.102. The summed E-state index contributed by atoms with van der Waals surface area (Å²) in [5.41, 5.74) is 4.22. The first kappa shape index (κ1) is 18.1. The number of nitrogens with zero attached hydrogens (tertiary/aromatic N) is 1. The van der Waals surface area contributed by atoms with Gasteiger partial charge in [-0.2, -0.15) is 0 Å². The standard InChI is InChI=1S/C21H19BrN2O2/c1-14-4-3-5-19(15(14)2)23-21(26)17-8-11-20(25)24(13-17)12-16-6-9-18(22)10-7-16/h3-11,13H,12H2,1-2H3,(H,23,26). The number of pyridine rings is 1. The molecule has 1 heterocycles. The van der Waals surface area contributed by atoms with E-state index in [4.69, 9.17) is 0 Å². The van der Waals surface area contributed by atoms with Crippen LogP contribution in [0.15, 0.2) is 70.1 Å². The zero-order chi connectivity index (χ0) is 18.7. The highest BCUT2D eigenvalue weighted by molar-refractivity contribution is 9.10. The summed E-state index contributed by atoms with van der Waals surface area (Å²) in [4.78, 5) is 24.7. The Kier molecular flexibility index (Phi) is 5.38. The third-order valence-electron chi connectivity index (χ3n) is 4.36. The average Bonchev–Trinajstić information content (AvgIpc) is 2.62. The molecule has 0 aliphatic carbocycles. The number of carbonyl (C=O) groups is 1. The lowest BCUT2D eigenvalue weighted by Crippen LogP contribution is -2.22. The fourth-order valence-corrected chi connectivity index (χ4v) is 2.92. The van der Waals surface area contributed by atoms with E-state index >= 15 is 0 Å². The minimum atomic E-state index is -0.233. The predicted molar refractivity (Wildman–Crippen MR) is 108 cm³/mol. The Bertz CT molecular complexity index is 1010. The van der Waals surface area contributed by atoms with Crippen molar-refractivity contribution < 1.29 is 4.79 Å². The second-order valence-corrected chi connectivity index (χ2v) is 7.13. The number of hydrogen-bond donors (Lipinski definition) is 1. The van der Waals surface area contributed by atoms with Gasteiger partial charge < -0.3 is 9.88 Å². The molecule has 26 heavy (non-hydrogen) atoms. The lowest BCUT2D eigenvalue weighted by atomic mass is 10.1. The number of nitrogens with one attached hydrogen (secondary N) is 1. The van der Waals surface area contributed by atoms with Crippen LogP contribution in [0.3, 0.4) is 0 Å². The molecule has 0 aliphatic rings. The molecule has 0 fully saturated rings. The maximum atomic E-state index is 12.6. The molecule has 0 saturated heterocycles. The van der Waals surface area contributed by atoms with Gasteiger partial charge in [-0.25, -0.2) is 0 Å². The van der Waals surface area contributed by atoms with Crippen LogP contribution < -0.4 is 10.9 Å². The molecular formula is C21H19BrN2O2. The van der Waals surface area contributed by atoms with Crippen molar-refractivity contribution in [1.82, 2.24) is 4.57 Å². The van der Waals surface area contributed by atoms with Gasteiger partial charge in [0.2, 0.25) is 0 Å². The van der Waals surface area contributed by atoms with Crippen LogP contribution in [0.25, 0.3) is 0 Å². The Morgan fingerprint density at radius 3 is 2.50 bits per heavy atom. The van der Waals surface area contributed by atoms with E-state index in [2.05, 4.69) is 21.2 Å². The summed E-state index contributed by atoms with van der Waals surface area (Å²) in [6, 6.07) is 16.5. The summed E-state index contributed by atoms with van der Waals surface area (Å²) in [6.45, 7) is 4.39. The molecule has 4 nitrogen and oxygen atoms in total. The van der Waals surface area contributed by atoms with Gasteiger partial charge in [0.05, 0.1) is 12.1 Å². The van der Waals surface area contributed by atoms with Gasteiger partial charge in [-0.05, 0) is 54.8 Å². The minimum Gasteiger partial charge on any atom is -0.322 e. The monoisotopic (exact) mass is 410 g/mol. The van der Waals surface area contributed by atoms with Crippen LogP contribution in [-0.4, -0.2) is 10.5 Å². The van der Waals surface area contributed by atoms with E-state index in [1.165, 1.54) is 6.07 Å². The molecular weight excluding hydrogens is 392 g/mol. The van der Waals surface area contributed by atoms with Crippen LogP contribution in [-0.2, 0) is 6.54 Å². The molecule has 1 amide bonds. The Morgan fingerprint density at radius 2 is 1.77 bits per heavy atom. The first-order valence-corrected chi connectivity index (χ1v) is 9.06. The maximum Gasteiger partial charge on any atom is 0.257 e. The van der Waals surface area contributed by atoms with E-state index in [0.29, 0.717) is 12.1 Å². The topological polar surface area (TPSA) is 51.1 Å². The van der Waals surface area contributed by atoms with Crippen molar-refractivity contribution in [3.63, 3.8) is 0 Å². The van der Waals surface area contributed by atoms with Crippen LogP contribution in [0.1, 0.15) is 27.0 Å². The summed E-state index contributed by atoms with van der Waals surface area (Å²) >= 11 is 3.40. The fourth-order valence-electron chi connectivity index (χ4n) is 2.66. The first-order valence-electron chi connectivity index (χ1n) is 8.26. The average molecular weight is 411 g/mol. The quantitative estimate of drug-likeness (QED) is 0.686. The van der Waals surface area contributed by atoms with Crippen LogP contribution >= 0.6 is 15.9 Å². The van der Waals surface area contributed by atoms with E-state index < -0.39 is 0 Å². The molecule has 0 atom stereocenters. The number of aryl methyl sites for hydroxylation is 1. The Labute approximate surface area is 160 Å². The second-order valence-electron chi connectivity index (χ2n) is 6.21. The fraction of sp³-hybridized carbons (Fsp3) is 0.143. The lowest BCUT2D eigenvalue weighted by Gasteiger charge is -2.12. The molecule has 2 aromatic carbocycles. The summed E-state index contributed by atoms with van der Waals surface area (Å²) in [5, 5.41) is 2.92.